The summed E-state index contributed by atoms with van der Waals surface area (Å²) in [7, 11) is 0. The van der Waals surface area contributed by atoms with Crippen LogP contribution in [0.4, 0.5) is 0 Å². The highest BCUT2D eigenvalue weighted by atomic mass is 16.3. The number of hydrogen-bond donors (Lipinski definition) is 4. The maximum absolute atomic E-state index is 9.45. The number of piperidine rings is 1. The largest absolute Gasteiger partial charge is 0.378 e. The molecule has 0 bridgehead atoms. The van der Waals surface area contributed by atoms with Gasteiger partial charge in [0, 0.05) is 5.41 Å². The van der Waals surface area contributed by atoms with Crippen molar-refractivity contribution in [1.82, 2.24) is 5.32 Å². The van der Waals surface area contributed by atoms with E-state index in [1.807, 2.05) is 0 Å². The summed E-state index contributed by atoms with van der Waals surface area (Å²) in [6, 6.07) is 0. The third-order valence-corrected chi connectivity index (χ3v) is 2.53. The number of nitrogens with one attached hydrogen (secondary N) is 1. The zero-order valence-corrected chi connectivity index (χ0v) is 6.75. The minimum Gasteiger partial charge on any atom is -0.378 e. The van der Waals surface area contributed by atoms with Crippen molar-refractivity contribution in [2.24, 2.45) is 11.1 Å². The first kappa shape index (κ1) is 8.93. The van der Waals surface area contributed by atoms with E-state index in [2.05, 4.69) is 5.32 Å². The highest BCUT2D eigenvalue weighted by Gasteiger charge is 2.39. The van der Waals surface area contributed by atoms with Crippen molar-refractivity contribution in [2.45, 2.75) is 32.2 Å². The van der Waals surface area contributed by atoms with Crippen LogP contribution in [0, 0.1) is 5.41 Å². The molecular formula is C7H16N2O2. The highest BCUT2D eigenvalue weighted by molar-refractivity contribution is 4.88. The van der Waals surface area contributed by atoms with Gasteiger partial charge in [-0.05, 0) is 19.4 Å². The number of rotatable bonds is 1. The smallest absolute Gasteiger partial charge is 0.114 e. The van der Waals surface area contributed by atoms with Crippen LogP contribution in [0.25, 0.3) is 0 Å². The van der Waals surface area contributed by atoms with Crippen molar-refractivity contribution in [3.8, 4) is 0 Å². The van der Waals surface area contributed by atoms with E-state index in [1.165, 1.54) is 0 Å². The Hall–Kier alpha value is -0.160. The molecule has 4 nitrogen and oxygen atoms in total. The van der Waals surface area contributed by atoms with Crippen molar-refractivity contribution in [3.05, 3.63) is 0 Å². The lowest BCUT2D eigenvalue weighted by atomic mass is 9.79. The molecule has 0 spiro atoms. The fraction of sp³-hybridized carbons (Fsp3) is 1.00. The second kappa shape index (κ2) is 3.06. The van der Waals surface area contributed by atoms with E-state index in [0.717, 1.165) is 19.4 Å². The Bertz CT molecular complexity index is 140. The Kier molecular flexibility index (Phi) is 2.49. The fourth-order valence-corrected chi connectivity index (χ4v) is 1.39. The molecule has 0 saturated carbocycles. The minimum atomic E-state index is -0.953. The standard InChI is InChI=1S/C7H16N2O2/c1-7(5(8)10)3-2-4-9-6(7)11/h5-6,9-11H,2-4,8H2,1H3. The van der Waals surface area contributed by atoms with Gasteiger partial charge < -0.3 is 15.9 Å². The van der Waals surface area contributed by atoms with Crippen molar-refractivity contribution < 1.29 is 10.2 Å². The molecule has 0 aliphatic carbocycles. The first-order chi connectivity index (χ1) is 5.07. The molecule has 1 aliphatic rings. The van der Waals surface area contributed by atoms with E-state index in [4.69, 9.17) is 5.73 Å². The predicted molar refractivity (Wildman–Crippen MR) is 41.5 cm³/mol. The van der Waals surface area contributed by atoms with Gasteiger partial charge in [-0.2, -0.15) is 0 Å². The quantitative estimate of drug-likeness (QED) is 0.370. The van der Waals surface area contributed by atoms with Gasteiger partial charge in [0.15, 0.2) is 0 Å². The molecule has 66 valence electrons. The summed E-state index contributed by atoms with van der Waals surface area (Å²) >= 11 is 0. The molecule has 0 radical (unpaired) electrons. The molecule has 0 amide bonds. The summed E-state index contributed by atoms with van der Waals surface area (Å²) in [4.78, 5) is 0. The Balaban J connectivity index is 2.64. The van der Waals surface area contributed by atoms with Crippen molar-refractivity contribution >= 4 is 0 Å². The van der Waals surface area contributed by atoms with Crippen LogP contribution < -0.4 is 11.1 Å². The lowest BCUT2D eigenvalue weighted by Gasteiger charge is -2.40. The van der Waals surface area contributed by atoms with Gasteiger partial charge in [0.05, 0.1) is 0 Å². The summed E-state index contributed by atoms with van der Waals surface area (Å²) in [5, 5.41) is 21.5. The Labute approximate surface area is 66.4 Å². The summed E-state index contributed by atoms with van der Waals surface area (Å²) < 4.78 is 0. The summed E-state index contributed by atoms with van der Waals surface area (Å²) in [5.74, 6) is 0. The molecule has 0 aromatic rings. The fourth-order valence-electron chi connectivity index (χ4n) is 1.39. The monoisotopic (exact) mass is 160 g/mol. The third kappa shape index (κ3) is 1.54. The van der Waals surface area contributed by atoms with Gasteiger partial charge in [-0.3, -0.25) is 5.32 Å². The first-order valence-electron chi connectivity index (χ1n) is 3.92. The molecule has 11 heavy (non-hydrogen) atoms. The SMILES string of the molecule is CC1(C(N)O)CCCNC1O. The van der Waals surface area contributed by atoms with Gasteiger partial charge in [0.1, 0.15) is 12.5 Å². The molecule has 1 aliphatic heterocycles. The van der Waals surface area contributed by atoms with Gasteiger partial charge >= 0.3 is 0 Å². The van der Waals surface area contributed by atoms with Crippen LogP contribution in [0.3, 0.4) is 0 Å². The number of hydrogen-bond acceptors (Lipinski definition) is 4. The van der Waals surface area contributed by atoms with E-state index >= 15 is 0 Å². The van der Waals surface area contributed by atoms with E-state index in [0.29, 0.717) is 0 Å². The number of nitrogens with two attached hydrogens (primary N) is 1. The second-order valence-corrected chi connectivity index (χ2v) is 3.41. The average Bonchev–Trinajstić information content (AvgIpc) is 1.95. The molecule has 0 aromatic heterocycles. The highest BCUT2D eigenvalue weighted by Crippen LogP contribution is 2.31. The zero-order valence-electron chi connectivity index (χ0n) is 6.75. The van der Waals surface area contributed by atoms with Gasteiger partial charge in [-0.1, -0.05) is 6.92 Å². The van der Waals surface area contributed by atoms with Gasteiger partial charge in [-0.15, -0.1) is 0 Å². The molecule has 5 N–H and O–H groups in total. The van der Waals surface area contributed by atoms with Crippen LogP contribution in [0.1, 0.15) is 19.8 Å². The van der Waals surface area contributed by atoms with Gasteiger partial charge in [0.2, 0.25) is 0 Å². The molecule has 3 atom stereocenters. The van der Waals surface area contributed by atoms with Crippen molar-refractivity contribution in [1.29, 1.82) is 0 Å². The van der Waals surface area contributed by atoms with Gasteiger partial charge in [0.25, 0.3) is 0 Å². The van der Waals surface area contributed by atoms with E-state index in [1.54, 1.807) is 6.92 Å². The first-order valence-corrected chi connectivity index (χ1v) is 3.92. The topological polar surface area (TPSA) is 78.5 Å². The summed E-state index contributed by atoms with van der Waals surface area (Å²) in [6.45, 7) is 2.58. The molecule has 4 heteroatoms. The van der Waals surface area contributed by atoms with Crippen molar-refractivity contribution in [2.75, 3.05) is 6.54 Å². The normalized spacial score (nSPS) is 42.0. The van der Waals surface area contributed by atoms with E-state index in [-0.39, 0.29) is 0 Å². The van der Waals surface area contributed by atoms with Crippen LogP contribution in [-0.4, -0.2) is 29.2 Å². The van der Waals surface area contributed by atoms with Crippen LogP contribution in [0.2, 0.25) is 0 Å². The minimum absolute atomic E-state index is 0.585. The lowest BCUT2D eigenvalue weighted by molar-refractivity contribution is -0.0911. The van der Waals surface area contributed by atoms with Gasteiger partial charge in [-0.25, -0.2) is 0 Å². The predicted octanol–water partition coefficient (Wildman–Crippen LogP) is -1.03. The average molecular weight is 160 g/mol. The van der Waals surface area contributed by atoms with Crippen molar-refractivity contribution in [3.63, 3.8) is 0 Å². The number of aliphatic hydroxyl groups is 2. The lowest BCUT2D eigenvalue weighted by Crippen LogP contribution is -2.56. The van der Waals surface area contributed by atoms with Crippen LogP contribution in [0.5, 0.6) is 0 Å². The maximum Gasteiger partial charge on any atom is 0.114 e. The second-order valence-electron chi connectivity index (χ2n) is 3.41. The summed E-state index contributed by atoms with van der Waals surface area (Å²) in [6.07, 6.45) is 0.0715. The van der Waals surface area contributed by atoms with Crippen LogP contribution in [-0.2, 0) is 0 Å². The Morgan fingerprint density at radius 2 is 2.36 bits per heavy atom. The Morgan fingerprint density at radius 3 is 2.73 bits per heavy atom. The third-order valence-electron chi connectivity index (χ3n) is 2.53. The molecule has 1 saturated heterocycles. The number of aliphatic hydroxyl groups excluding tert-OH is 2. The van der Waals surface area contributed by atoms with Crippen LogP contribution in [0.15, 0.2) is 0 Å². The zero-order chi connectivity index (χ0) is 8.48. The van der Waals surface area contributed by atoms with E-state index in [9.17, 15) is 10.2 Å². The van der Waals surface area contributed by atoms with E-state index < -0.39 is 17.9 Å². The molecule has 1 heterocycles. The molecule has 0 aromatic carbocycles. The Morgan fingerprint density at radius 1 is 1.73 bits per heavy atom. The molecule has 3 unspecified atom stereocenters. The molecular weight excluding hydrogens is 144 g/mol. The van der Waals surface area contributed by atoms with Crippen LogP contribution >= 0.6 is 0 Å². The maximum atomic E-state index is 9.45. The molecule has 1 rings (SSSR count). The summed E-state index contributed by atoms with van der Waals surface area (Å²) in [5.41, 5.74) is 4.76. The molecule has 1 fully saturated rings.